The van der Waals surface area contributed by atoms with Gasteiger partial charge in [-0.1, -0.05) is 11.8 Å². The van der Waals surface area contributed by atoms with Crippen LogP contribution in [0.1, 0.15) is 12.1 Å². The molecule has 1 aromatic rings. The lowest BCUT2D eigenvalue weighted by Gasteiger charge is -1.99. The lowest BCUT2D eigenvalue weighted by molar-refractivity contribution is -0.117. The summed E-state index contributed by atoms with van der Waals surface area (Å²) in [6.07, 6.45) is 0.280. The molecule has 0 aliphatic heterocycles. The Morgan fingerprint density at radius 1 is 1.71 bits per heavy atom. The van der Waals surface area contributed by atoms with Gasteiger partial charge in [0.05, 0.1) is 0 Å². The van der Waals surface area contributed by atoms with Crippen LogP contribution < -0.4 is 11.3 Å². The molecule has 5 nitrogen and oxygen atoms in total. The van der Waals surface area contributed by atoms with Crippen molar-refractivity contribution >= 4 is 17.7 Å². The van der Waals surface area contributed by atoms with E-state index in [4.69, 9.17) is 5.73 Å². The molecule has 0 spiro atoms. The average Bonchev–Trinajstić information content (AvgIpc) is 2.01. The second-order valence-electron chi connectivity index (χ2n) is 2.76. The van der Waals surface area contributed by atoms with E-state index in [1.165, 1.54) is 17.8 Å². The van der Waals surface area contributed by atoms with Gasteiger partial charge in [-0.05, 0) is 6.92 Å². The maximum Gasteiger partial charge on any atom is 0.251 e. The Hall–Kier alpha value is -1.30. The fourth-order valence-corrected chi connectivity index (χ4v) is 1.75. The number of carbonyl (C=O) groups excluding carboxylic acids is 1. The van der Waals surface area contributed by atoms with Crippen molar-refractivity contribution in [3.63, 3.8) is 0 Å². The minimum atomic E-state index is -0.354. The van der Waals surface area contributed by atoms with Gasteiger partial charge in [0.15, 0.2) is 5.16 Å². The molecule has 6 heteroatoms. The standard InChI is InChI=1S/C8H11N3O2S/c1-5-4-7(13)11-8(10-5)14-3-2-6(9)12/h4H,2-3H2,1H3,(H2,9,12)(H,10,11,13). The summed E-state index contributed by atoms with van der Waals surface area (Å²) >= 11 is 1.31. The lowest BCUT2D eigenvalue weighted by Crippen LogP contribution is -2.12. The quantitative estimate of drug-likeness (QED) is 0.546. The smallest absolute Gasteiger partial charge is 0.251 e. The first kappa shape index (κ1) is 10.8. The van der Waals surface area contributed by atoms with Crippen LogP contribution in [0.2, 0.25) is 0 Å². The Labute approximate surface area is 85.1 Å². The molecule has 0 aromatic carbocycles. The van der Waals surface area contributed by atoms with Crippen LogP contribution in [-0.4, -0.2) is 21.6 Å². The molecule has 3 N–H and O–H groups in total. The second kappa shape index (κ2) is 4.80. The number of nitrogens with one attached hydrogen (secondary N) is 1. The van der Waals surface area contributed by atoms with Crippen LogP contribution in [0.4, 0.5) is 0 Å². The summed E-state index contributed by atoms with van der Waals surface area (Å²) in [5.41, 5.74) is 5.45. The third kappa shape index (κ3) is 3.61. The number of aromatic nitrogens is 2. The predicted octanol–water partition coefficient (Wildman–Crippen LogP) is 0.0458. The van der Waals surface area contributed by atoms with Crippen LogP contribution in [0.25, 0.3) is 0 Å². The van der Waals surface area contributed by atoms with Gasteiger partial charge in [0, 0.05) is 23.9 Å². The first-order valence-corrected chi connectivity index (χ1v) is 5.05. The van der Waals surface area contributed by atoms with Crippen LogP contribution in [0.15, 0.2) is 16.0 Å². The maximum absolute atomic E-state index is 11.0. The van der Waals surface area contributed by atoms with Crippen molar-refractivity contribution in [2.45, 2.75) is 18.5 Å². The number of amides is 1. The van der Waals surface area contributed by atoms with Crippen molar-refractivity contribution in [1.82, 2.24) is 9.97 Å². The highest BCUT2D eigenvalue weighted by molar-refractivity contribution is 7.99. The van der Waals surface area contributed by atoms with E-state index in [-0.39, 0.29) is 17.9 Å². The normalized spacial score (nSPS) is 10.1. The number of aryl methyl sites for hydroxylation is 1. The summed E-state index contributed by atoms with van der Waals surface area (Å²) in [6.45, 7) is 1.74. The molecule has 0 bridgehead atoms. The van der Waals surface area contributed by atoms with Gasteiger partial charge in [-0.25, -0.2) is 4.98 Å². The zero-order valence-electron chi connectivity index (χ0n) is 7.74. The highest BCUT2D eigenvalue weighted by atomic mass is 32.2. The summed E-state index contributed by atoms with van der Waals surface area (Å²) in [5.74, 6) is 0.175. The summed E-state index contributed by atoms with van der Waals surface area (Å²) in [7, 11) is 0. The molecule has 14 heavy (non-hydrogen) atoms. The highest BCUT2D eigenvalue weighted by Crippen LogP contribution is 2.11. The maximum atomic E-state index is 11.0. The Kier molecular flexibility index (Phi) is 3.70. The van der Waals surface area contributed by atoms with Crippen LogP contribution in [0, 0.1) is 6.92 Å². The Morgan fingerprint density at radius 3 is 3.00 bits per heavy atom. The molecule has 0 saturated heterocycles. The van der Waals surface area contributed by atoms with E-state index in [1.807, 2.05) is 0 Å². The first-order chi connectivity index (χ1) is 6.58. The number of aromatic amines is 1. The summed E-state index contributed by atoms with van der Waals surface area (Å²) in [6, 6.07) is 1.41. The molecule has 0 aliphatic rings. The average molecular weight is 213 g/mol. The van der Waals surface area contributed by atoms with Gasteiger partial charge in [-0.3, -0.25) is 9.59 Å². The highest BCUT2D eigenvalue weighted by Gasteiger charge is 2.00. The second-order valence-corrected chi connectivity index (χ2v) is 3.84. The summed E-state index contributed by atoms with van der Waals surface area (Å²) in [4.78, 5) is 28.1. The van der Waals surface area contributed by atoms with Crippen molar-refractivity contribution in [2.75, 3.05) is 5.75 Å². The molecule has 1 aromatic heterocycles. The van der Waals surface area contributed by atoms with Gasteiger partial charge >= 0.3 is 0 Å². The minimum Gasteiger partial charge on any atom is -0.370 e. The molecule has 0 saturated carbocycles. The molecule has 0 fully saturated rings. The molecule has 0 atom stereocenters. The van der Waals surface area contributed by atoms with Gasteiger partial charge in [0.25, 0.3) is 5.56 Å². The number of rotatable bonds is 4. The molecular weight excluding hydrogens is 202 g/mol. The van der Waals surface area contributed by atoms with Crippen LogP contribution in [0.3, 0.4) is 0 Å². The lowest BCUT2D eigenvalue weighted by atomic mass is 10.5. The van der Waals surface area contributed by atoms with Crippen LogP contribution in [-0.2, 0) is 4.79 Å². The van der Waals surface area contributed by atoms with E-state index in [1.54, 1.807) is 6.92 Å². The van der Waals surface area contributed by atoms with E-state index >= 15 is 0 Å². The van der Waals surface area contributed by atoms with Crippen LogP contribution >= 0.6 is 11.8 Å². The molecule has 1 rings (SSSR count). The zero-order chi connectivity index (χ0) is 10.6. The van der Waals surface area contributed by atoms with Gasteiger partial charge < -0.3 is 10.7 Å². The fourth-order valence-electron chi connectivity index (χ4n) is 0.868. The van der Waals surface area contributed by atoms with Crippen molar-refractivity contribution < 1.29 is 4.79 Å². The number of H-pyrrole nitrogens is 1. The van der Waals surface area contributed by atoms with Gasteiger partial charge in [0.2, 0.25) is 5.91 Å². The van der Waals surface area contributed by atoms with Gasteiger partial charge in [-0.15, -0.1) is 0 Å². The molecule has 0 unspecified atom stereocenters. The van der Waals surface area contributed by atoms with Crippen molar-refractivity contribution in [1.29, 1.82) is 0 Å². The number of primary amides is 1. The Balaban J connectivity index is 2.59. The number of carbonyl (C=O) groups is 1. The molecule has 76 valence electrons. The molecular formula is C8H11N3O2S. The monoisotopic (exact) mass is 213 g/mol. The number of nitrogens with two attached hydrogens (primary N) is 1. The zero-order valence-corrected chi connectivity index (χ0v) is 8.56. The van der Waals surface area contributed by atoms with E-state index < -0.39 is 0 Å². The SMILES string of the molecule is Cc1cc(=O)[nH]c(SCCC(N)=O)n1. The van der Waals surface area contributed by atoms with Crippen molar-refractivity contribution in [3.8, 4) is 0 Å². The number of nitrogens with zero attached hydrogens (tertiary/aromatic N) is 1. The molecule has 1 amide bonds. The number of thioether (sulfide) groups is 1. The van der Waals surface area contributed by atoms with Crippen LogP contribution in [0.5, 0.6) is 0 Å². The Morgan fingerprint density at radius 2 is 2.43 bits per heavy atom. The first-order valence-electron chi connectivity index (χ1n) is 4.07. The van der Waals surface area contributed by atoms with E-state index in [0.717, 1.165) is 0 Å². The van der Waals surface area contributed by atoms with Gasteiger partial charge in [0.1, 0.15) is 0 Å². The summed E-state index contributed by atoms with van der Waals surface area (Å²) < 4.78 is 0. The number of hydrogen-bond donors (Lipinski definition) is 2. The van der Waals surface area contributed by atoms with Crippen molar-refractivity contribution in [3.05, 3.63) is 22.1 Å². The van der Waals surface area contributed by atoms with E-state index in [0.29, 0.717) is 16.6 Å². The minimum absolute atomic E-state index is 0.181. The largest absolute Gasteiger partial charge is 0.370 e. The molecule has 1 heterocycles. The van der Waals surface area contributed by atoms with Crippen molar-refractivity contribution in [2.24, 2.45) is 5.73 Å². The predicted molar refractivity (Wildman–Crippen MR) is 54.1 cm³/mol. The molecule has 0 radical (unpaired) electrons. The fraction of sp³-hybridized carbons (Fsp3) is 0.375. The number of hydrogen-bond acceptors (Lipinski definition) is 4. The van der Waals surface area contributed by atoms with E-state index in [2.05, 4.69) is 9.97 Å². The van der Waals surface area contributed by atoms with E-state index in [9.17, 15) is 9.59 Å². The van der Waals surface area contributed by atoms with Gasteiger partial charge in [-0.2, -0.15) is 0 Å². The third-order valence-corrected chi connectivity index (χ3v) is 2.31. The summed E-state index contributed by atoms with van der Waals surface area (Å²) in [5, 5.41) is 0.524. The topological polar surface area (TPSA) is 88.8 Å². The molecule has 0 aliphatic carbocycles. The Bertz CT molecular complexity index is 388. The third-order valence-electron chi connectivity index (χ3n) is 1.44.